The fourth-order valence-corrected chi connectivity index (χ4v) is 4.62. The Morgan fingerprint density at radius 2 is 2.00 bits per heavy atom. The average molecular weight is 510 g/mol. The van der Waals surface area contributed by atoms with Gasteiger partial charge in [-0.3, -0.25) is 14.5 Å². The number of morpholine rings is 1. The Morgan fingerprint density at radius 3 is 2.74 bits per heavy atom. The Hall–Kier alpha value is -3.69. The van der Waals surface area contributed by atoms with Crippen LogP contribution in [0, 0.1) is 5.82 Å². The van der Waals surface area contributed by atoms with Crippen molar-refractivity contribution in [2.75, 3.05) is 23.8 Å². The lowest BCUT2D eigenvalue weighted by Crippen LogP contribution is -2.51. The van der Waals surface area contributed by atoms with Crippen LogP contribution in [-0.4, -0.2) is 49.6 Å². The number of H-pyrrole nitrogens is 1. The zero-order valence-corrected chi connectivity index (χ0v) is 18.2. The predicted octanol–water partition coefficient (Wildman–Crippen LogP) is 2.13. The number of halogens is 4. The number of alkyl halides is 3. The summed E-state index contributed by atoms with van der Waals surface area (Å²) >= 11 is 0.997. The van der Waals surface area contributed by atoms with Crippen molar-refractivity contribution in [2.45, 2.75) is 18.4 Å². The minimum atomic E-state index is -4.86. The van der Waals surface area contributed by atoms with Crippen LogP contribution in [0.4, 0.5) is 29.2 Å². The third kappa shape index (κ3) is 3.86. The summed E-state index contributed by atoms with van der Waals surface area (Å²) in [5, 5.41) is 11.5. The van der Waals surface area contributed by atoms with E-state index in [4.69, 9.17) is 10.5 Å². The number of hydrogen-bond acceptors (Lipinski definition) is 9. The van der Waals surface area contributed by atoms with E-state index in [0.29, 0.717) is 27.1 Å². The van der Waals surface area contributed by atoms with Crippen LogP contribution in [0.1, 0.15) is 17.6 Å². The lowest BCUT2D eigenvalue weighted by Gasteiger charge is -2.33. The fourth-order valence-electron chi connectivity index (χ4n) is 3.78. The molecular formula is C20H14F4N6O4S. The molecule has 4 aromatic rings. The van der Waals surface area contributed by atoms with Crippen molar-refractivity contribution in [3.8, 4) is 0 Å². The number of nitrogen functional groups attached to an aromatic ring is 1. The molecule has 1 amide bonds. The Morgan fingerprint density at radius 1 is 1.23 bits per heavy atom. The van der Waals surface area contributed by atoms with Crippen molar-refractivity contribution in [3.05, 3.63) is 52.0 Å². The van der Waals surface area contributed by atoms with Gasteiger partial charge in [-0.1, -0.05) is 0 Å². The fraction of sp³-hybridized carbons (Fsp3) is 0.250. The SMILES string of the molecule is Nc1nsc2c1ccc1[nH]c([C@H](O)C3OCCN(c4nc(C(F)(F)F)ccc4F)C3=O)nc(=O)c12. The van der Waals surface area contributed by atoms with Crippen molar-refractivity contribution in [1.82, 2.24) is 19.3 Å². The van der Waals surface area contributed by atoms with Gasteiger partial charge in [0.1, 0.15) is 23.4 Å². The van der Waals surface area contributed by atoms with E-state index in [0.717, 1.165) is 11.5 Å². The molecule has 0 spiro atoms. The largest absolute Gasteiger partial charge is 0.433 e. The highest BCUT2D eigenvalue weighted by Gasteiger charge is 2.41. The van der Waals surface area contributed by atoms with Crippen LogP contribution in [0.25, 0.3) is 21.0 Å². The molecule has 0 saturated carbocycles. The van der Waals surface area contributed by atoms with Gasteiger partial charge in [0.2, 0.25) is 0 Å². The standard InChI is InChI=1S/C20H14F4N6O4S/c21-8-2-4-10(20(22,23)24)27-17(8)30-5-6-34-13(19(30)33)12(31)16-26-9-3-1-7-14(35-29-15(7)25)11(9)18(32)28-16/h1-4,12-13,31H,5-6H2,(H2,25,29)(H,26,28,32)/t12-,13?/m1/s1. The summed E-state index contributed by atoms with van der Waals surface area (Å²) in [5.74, 6) is -3.14. The summed E-state index contributed by atoms with van der Waals surface area (Å²) in [5.41, 5.74) is 3.95. The van der Waals surface area contributed by atoms with E-state index in [1.807, 2.05) is 0 Å². The lowest BCUT2D eigenvalue weighted by atomic mass is 10.1. The van der Waals surface area contributed by atoms with Gasteiger partial charge in [0.25, 0.3) is 11.5 Å². The van der Waals surface area contributed by atoms with Gasteiger partial charge < -0.3 is 20.6 Å². The van der Waals surface area contributed by atoms with E-state index < -0.39 is 47.2 Å². The highest BCUT2D eigenvalue weighted by atomic mass is 32.1. The van der Waals surface area contributed by atoms with Crippen LogP contribution in [0.3, 0.4) is 0 Å². The number of carbonyl (C=O) groups is 1. The molecule has 4 N–H and O–H groups in total. The number of carbonyl (C=O) groups excluding carboxylic acids is 1. The van der Waals surface area contributed by atoms with E-state index in [-0.39, 0.29) is 35.7 Å². The monoisotopic (exact) mass is 510 g/mol. The van der Waals surface area contributed by atoms with Crippen molar-refractivity contribution < 1.29 is 32.2 Å². The maximum atomic E-state index is 14.3. The first-order valence-electron chi connectivity index (χ1n) is 9.99. The maximum absolute atomic E-state index is 14.3. The number of nitrogens with two attached hydrogens (primary N) is 1. The molecule has 0 radical (unpaired) electrons. The lowest BCUT2D eigenvalue weighted by molar-refractivity contribution is -0.144. The quantitative estimate of drug-likeness (QED) is 0.355. The van der Waals surface area contributed by atoms with E-state index >= 15 is 0 Å². The number of aliphatic hydroxyl groups excluding tert-OH is 1. The highest BCUT2D eigenvalue weighted by molar-refractivity contribution is 7.14. The van der Waals surface area contributed by atoms with Crippen LogP contribution in [0.5, 0.6) is 0 Å². The van der Waals surface area contributed by atoms with Gasteiger partial charge in [-0.05, 0) is 35.8 Å². The molecule has 1 aromatic carbocycles. The predicted molar refractivity (Wildman–Crippen MR) is 116 cm³/mol. The third-order valence-electron chi connectivity index (χ3n) is 5.43. The molecule has 1 aliphatic heterocycles. The second kappa shape index (κ2) is 8.21. The summed E-state index contributed by atoms with van der Waals surface area (Å²) in [6.07, 6.45) is -8.37. The van der Waals surface area contributed by atoms with Gasteiger partial charge in [0.15, 0.2) is 17.7 Å². The smallest absolute Gasteiger partial charge is 0.382 e. The summed E-state index contributed by atoms with van der Waals surface area (Å²) < 4.78 is 63.3. The van der Waals surface area contributed by atoms with Crippen LogP contribution in [0.15, 0.2) is 29.1 Å². The molecule has 4 heterocycles. The number of hydrogen-bond donors (Lipinski definition) is 3. The molecule has 3 aromatic heterocycles. The van der Waals surface area contributed by atoms with E-state index in [9.17, 15) is 32.3 Å². The molecule has 35 heavy (non-hydrogen) atoms. The highest BCUT2D eigenvalue weighted by Crippen LogP contribution is 2.33. The summed E-state index contributed by atoms with van der Waals surface area (Å²) in [6, 6.07) is 4.15. The molecule has 1 unspecified atom stereocenters. The topological polar surface area (TPSA) is 147 Å². The number of amides is 1. The number of aromatic amines is 1. The van der Waals surface area contributed by atoms with Crippen LogP contribution in [0.2, 0.25) is 0 Å². The third-order valence-corrected chi connectivity index (χ3v) is 6.32. The number of benzene rings is 1. The Kier molecular flexibility index (Phi) is 5.41. The number of rotatable bonds is 3. The number of pyridine rings is 1. The van der Waals surface area contributed by atoms with Crippen molar-refractivity contribution in [1.29, 1.82) is 0 Å². The molecule has 2 atom stereocenters. The first kappa shape index (κ1) is 23.1. The maximum Gasteiger partial charge on any atom is 0.433 e. The first-order valence-corrected chi connectivity index (χ1v) is 10.8. The molecule has 10 nitrogen and oxygen atoms in total. The summed E-state index contributed by atoms with van der Waals surface area (Å²) in [4.78, 5) is 36.2. The molecule has 0 aliphatic carbocycles. The number of anilines is 2. The van der Waals surface area contributed by atoms with Gasteiger partial charge in [0.05, 0.1) is 28.8 Å². The zero-order valence-electron chi connectivity index (χ0n) is 17.3. The van der Waals surface area contributed by atoms with Gasteiger partial charge in [-0.15, -0.1) is 0 Å². The van der Waals surface area contributed by atoms with E-state index in [1.165, 1.54) is 6.07 Å². The normalized spacial score (nSPS) is 17.9. The number of aliphatic hydroxyl groups is 1. The van der Waals surface area contributed by atoms with Crippen molar-refractivity contribution in [2.24, 2.45) is 0 Å². The van der Waals surface area contributed by atoms with Gasteiger partial charge in [-0.25, -0.2) is 9.37 Å². The molecule has 15 heteroatoms. The Balaban J connectivity index is 1.50. The molecule has 1 aliphatic rings. The molecule has 1 saturated heterocycles. The van der Waals surface area contributed by atoms with Crippen molar-refractivity contribution in [3.63, 3.8) is 0 Å². The number of nitrogens with zero attached hydrogens (tertiary/aromatic N) is 4. The molecule has 182 valence electrons. The molecule has 5 rings (SSSR count). The molecule has 0 bridgehead atoms. The summed E-state index contributed by atoms with van der Waals surface area (Å²) in [7, 11) is 0. The Labute approximate surface area is 196 Å². The minimum absolute atomic E-state index is 0.181. The van der Waals surface area contributed by atoms with Crippen LogP contribution >= 0.6 is 11.5 Å². The van der Waals surface area contributed by atoms with E-state index in [2.05, 4.69) is 19.3 Å². The van der Waals surface area contributed by atoms with Crippen LogP contribution < -0.4 is 16.2 Å². The minimum Gasteiger partial charge on any atom is -0.382 e. The van der Waals surface area contributed by atoms with Gasteiger partial charge >= 0.3 is 6.18 Å². The van der Waals surface area contributed by atoms with Gasteiger partial charge in [-0.2, -0.15) is 22.5 Å². The zero-order chi connectivity index (χ0) is 25.1. The Bertz CT molecular complexity index is 1540. The molecule has 1 fully saturated rings. The van der Waals surface area contributed by atoms with Crippen LogP contribution in [-0.2, 0) is 15.7 Å². The van der Waals surface area contributed by atoms with E-state index in [1.54, 1.807) is 6.07 Å². The number of nitrogens with one attached hydrogen (secondary N) is 1. The number of fused-ring (bicyclic) bond motifs is 3. The number of aromatic nitrogens is 4. The average Bonchev–Trinajstić information content (AvgIpc) is 3.19. The first-order chi connectivity index (χ1) is 16.6. The van der Waals surface area contributed by atoms with Gasteiger partial charge in [0, 0.05) is 5.39 Å². The van der Waals surface area contributed by atoms with Crippen molar-refractivity contribution >= 4 is 50.1 Å². The second-order valence-electron chi connectivity index (χ2n) is 7.59. The second-order valence-corrected chi connectivity index (χ2v) is 8.36. The summed E-state index contributed by atoms with van der Waals surface area (Å²) in [6.45, 7) is -0.552. The molecular weight excluding hydrogens is 496 g/mol. The number of ether oxygens (including phenoxy) is 1.